The Morgan fingerprint density at radius 2 is 1.95 bits per heavy atom. The topological polar surface area (TPSA) is 149 Å². The van der Waals surface area contributed by atoms with Crippen LogP contribution < -0.4 is 10.2 Å². The molecule has 2 N–H and O–H groups in total. The van der Waals surface area contributed by atoms with Crippen LogP contribution in [0.5, 0.6) is 0 Å². The molecule has 6 atom stereocenters. The standard InChI is InChI=1S/C27H24F2N8O4/c28-19-5-15(36-12-23(41-26(36)40)37-4-3-33-34-37)6-20(29)24(19)14-1-2-22(32-8-14)27(13-30)17-10-35(11-18(17)27)25(39)21-7-16(38)9-31-21/h1-6,8,16-18,21,23,31,38H,7,9-12H2/t16-,17-,18+,21+,23?,27?/m1/s1. The fourth-order valence-electron chi connectivity index (χ4n) is 6.48. The van der Waals surface area contributed by atoms with E-state index in [1.807, 2.05) is 0 Å². The molecule has 0 radical (unpaired) electrons. The number of nitriles is 1. The number of nitrogens with zero attached hydrogens (tertiary/aromatic N) is 7. The van der Waals surface area contributed by atoms with E-state index in [0.29, 0.717) is 31.7 Å². The van der Waals surface area contributed by atoms with Crippen LogP contribution in [0, 0.1) is 34.8 Å². The van der Waals surface area contributed by atoms with Crippen LogP contribution in [0.2, 0.25) is 0 Å². The molecule has 41 heavy (non-hydrogen) atoms. The molecule has 14 heteroatoms. The van der Waals surface area contributed by atoms with Gasteiger partial charge >= 0.3 is 6.09 Å². The molecular formula is C27H24F2N8O4. The number of nitrogens with one attached hydrogen (secondary N) is 1. The van der Waals surface area contributed by atoms with Gasteiger partial charge in [0, 0.05) is 49.4 Å². The fraction of sp³-hybridized carbons (Fsp3) is 0.407. The van der Waals surface area contributed by atoms with Crippen molar-refractivity contribution in [3.8, 4) is 17.2 Å². The third kappa shape index (κ3) is 3.95. The molecule has 1 aromatic carbocycles. The van der Waals surface area contributed by atoms with E-state index in [2.05, 4.69) is 26.7 Å². The number of fused-ring (bicyclic) bond motifs is 1. The number of anilines is 1. The number of likely N-dealkylation sites (tertiary alicyclic amines) is 1. The molecule has 1 saturated carbocycles. The maximum absolute atomic E-state index is 15.2. The molecule has 3 aliphatic heterocycles. The Labute approximate surface area is 232 Å². The molecule has 4 fully saturated rings. The van der Waals surface area contributed by atoms with Crippen molar-refractivity contribution < 1.29 is 28.2 Å². The van der Waals surface area contributed by atoms with E-state index in [-0.39, 0.29) is 41.1 Å². The predicted molar refractivity (Wildman–Crippen MR) is 136 cm³/mol. The Hall–Kier alpha value is -4.48. The molecule has 210 valence electrons. The van der Waals surface area contributed by atoms with Crippen LogP contribution in [-0.2, 0) is 14.9 Å². The molecule has 1 aliphatic carbocycles. The van der Waals surface area contributed by atoms with Gasteiger partial charge in [0.25, 0.3) is 0 Å². The number of rotatable bonds is 5. The maximum atomic E-state index is 15.2. The lowest BCUT2D eigenvalue weighted by Gasteiger charge is -2.25. The van der Waals surface area contributed by atoms with E-state index in [0.717, 1.165) is 17.0 Å². The lowest BCUT2D eigenvalue weighted by molar-refractivity contribution is -0.132. The first-order valence-corrected chi connectivity index (χ1v) is 13.2. The number of aliphatic hydroxyl groups excluding tert-OH is 1. The smallest absolute Gasteiger partial charge is 0.416 e. The Kier molecular flexibility index (Phi) is 5.77. The lowest BCUT2D eigenvalue weighted by atomic mass is 9.95. The number of aliphatic hydroxyl groups is 1. The summed E-state index contributed by atoms with van der Waals surface area (Å²) in [5.74, 6) is -2.02. The van der Waals surface area contributed by atoms with Crippen molar-refractivity contribution in [1.29, 1.82) is 5.26 Å². The highest BCUT2D eigenvalue weighted by atomic mass is 19.1. The molecule has 5 heterocycles. The van der Waals surface area contributed by atoms with Crippen molar-refractivity contribution in [2.24, 2.45) is 11.8 Å². The molecule has 2 unspecified atom stereocenters. The second-order valence-corrected chi connectivity index (χ2v) is 10.8. The number of piperidine rings is 1. The number of cyclic esters (lactones) is 1. The van der Waals surface area contributed by atoms with E-state index >= 15 is 8.78 Å². The summed E-state index contributed by atoms with van der Waals surface area (Å²) in [4.78, 5) is 32.4. The highest BCUT2D eigenvalue weighted by Gasteiger charge is 2.71. The lowest BCUT2D eigenvalue weighted by Crippen LogP contribution is -2.44. The maximum Gasteiger partial charge on any atom is 0.416 e. The number of amides is 2. The number of carbonyl (C=O) groups excluding carboxylic acids is 2. The van der Waals surface area contributed by atoms with Crippen molar-refractivity contribution >= 4 is 17.7 Å². The van der Waals surface area contributed by atoms with Crippen LogP contribution >= 0.6 is 0 Å². The minimum absolute atomic E-state index is 0.00258. The van der Waals surface area contributed by atoms with Crippen LogP contribution in [0.3, 0.4) is 0 Å². The summed E-state index contributed by atoms with van der Waals surface area (Å²) in [7, 11) is 0. The van der Waals surface area contributed by atoms with Gasteiger partial charge in [-0.05, 0) is 24.6 Å². The van der Waals surface area contributed by atoms with Gasteiger partial charge in [-0.3, -0.25) is 14.7 Å². The van der Waals surface area contributed by atoms with Crippen LogP contribution in [0.4, 0.5) is 19.3 Å². The van der Waals surface area contributed by atoms with E-state index in [1.165, 1.54) is 29.3 Å². The zero-order valence-corrected chi connectivity index (χ0v) is 21.5. The number of aromatic nitrogens is 4. The summed E-state index contributed by atoms with van der Waals surface area (Å²) in [6, 6.07) is 7.21. The summed E-state index contributed by atoms with van der Waals surface area (Å²) in [6.45, 7) is 1.21. The van der Waals surface area contributed by atoms with Gasteiger partial charge < -0.3 is 20.1 Å². The first-order chi connectivity index (χ1) is 19.8. The van der Waals surface area contributed by atoms with Gasteiger partial charge in [-0.1, -0.05) is 11.3 Å². The number of hydrogen-bond donors (Lipinski definition) is 2. The van der Waals surface area contributed by atoms with Gasteiger partial charge in [0.1, 0.15) is 17.0 Å². The monoisotopic (exact) mass is 562 g/mol. The Bertz CT molecular complexity index is 1540. The normalized spacial score (nSPS) is 30.3. The van der Waals surface area contributed by atoms with Gasteiger partial charge in [-0.25, -0.2) is 18.3 Å². The first-order valence-electron chi connectivity index (χ1n) is 13.2. The number of pyridine rings is 1. The zero-order valence-electron chi connectivity index (χ0n) is 21.5. The average molecular weight is 563 g/mol. The summed E-state index contributed by atoms with van der Waals surface area (Å²) >= 11 is 0. The molecule has 7 rings (SSSR count). The minimum Gasteiger partial charge on any atom is -0.421 e. The number of benzene rings is 1. The van der Waals surface area contributed by atoms with Gasteiger partial charge in [-0.2, -0.15) is 5.26 Å². The van der Waals surface area contributed by atoms with Crippen LogP contribution in [0.15, 0.2) is 42.9 Å². The molecule has 2 amide bonds. The summed E-state index contributed by atoms with van der Waals surface area (Å²) in [5, 5.41) is 30.3. The number of halogens is 2. The highest BCUT2D eigenvalue weighted by molar-refractivity contribution is 5.90. The van der Waals surface area contributed by atoms with Crippen molar-refractivity contribution in [2.75, 3.05) is 31.1 Å². The molecule has 3 aromatic rings. The number of carbonyl (C=O) groups is 2. The van der Waals surface area contributed by atoms with Crippen LogP contribution in [0.1, 0.15) is 18.3 Å². The molecule has 0 spiro atoms. The van der Waals surface area contributed by atoms with Crippen LogP contribution in [0.25, 0.3) is 11.1 Å². The number of hydrogen-bond acceptors (Lipinski definition) is 9. The van der Waals surface area contributed by atoms with Crippen molar-refractivity contribution in [3.63, 3.8) is 0 Å². The fourth-order valence-corrected chi connectivity index (χ4v) is 6.48. The second kappa shape index (κ2) is 9.28. The zero-order chi connectivity index (χ0) is 28.5. The summed E-state index contributed by atoms with van der Waals surface area (Å²) < 4.78 is 37.0. The van der Waals surface area contributed by atoms with E-state index in [9.17, 15) is 20.0 Å². The number of ether oxygens (including phenoxy) is 1. The molecule has 2 aromatic heterocycles. The Balaban J connectivity index is 1.07. The van der Waals surface area contributed by atoms with Gasteiger partial charge in [-0.15, -0.1) is 5.10 Å². The highest BCUT2D eigenvalue weighted by Crippen LogP contribution is 2.62. The second-order valence-electron chi connectivity index (χ2n) is 10.8. The minimum atomic E-state index is -0.885. The summed E-state index contributed by atoms with van der Waals surface area (Å²) in [6.07, 6.45) is 2.56. The Morgan fingerprint density at radius 3 is 2.54 bits per heavy atom. The van der Waals surface area contributed by atoms with Gasteiger partial charge in [0.15, 0.2) is 0 Å². The number of β-amino-alcohol motifs (C(OH)–C–C–N with tert-alkyl or cyclic N) is 1. The Morgan fingerprint density at radius 1 is 1.20 bits per heavy atom. The third-order valence-corrected chi connectivity index (χ3v) is 8.63. The van der Waals surface area contributed by atoms with Gasteiger partial charge in [0.05, 0.1) is 47.9 Å². The molecular weight excluding hydrogens is 538 g/mol. The molecule has 3 saturated heterocycles. The van der Waals surface area contributed by atoms with Gasteiger partial charge in [0.2, 0.25) is 12.1 Å². The first kappa shape index (κ1) is 25.5. The average Bonchev–Trinajstić information content (AvgIpc) is 3.62. The molecule has 4 aliphatic rings. The van der Waals surface area contributed by atoms with E-state index in [1.54, 1.807) is 11.0 Å². The quantitative estimate of drug-likeness (QED) is 0.470. The molecule has 0 bridgehead atoms. The largest absolute Gasteiger partial charge is 0.421 e. The van der Waals surface area contributed by atoms with E-state index < -0.39 is 41.5 Å². The molecule has 12 nitrogen and oxygen atoms in total. The van der Waals surface area contributed by atoms with Crippen molar-refractivity contribution in [1.82, 2.24) is 30.2 Å². The SMILES string of the molecule is N#CC1(c2ccc(-c3c(F)cc(N4CC(n5ccnn5)OC4=O)cc3F)cn2)[C@@H]2CN(C(=O)[C@@H]3C[C@@H](O)CN3)C[C@@H]21. The van der Waals surface area contributed by atoms with Crippen molar-refractivity contribution in [2.45, 2.75) is 30.2 Å². The van der Waals surface area contributed by atoms with E-state index in [4.69, 9.17) is 4.74 Å². The third-order valence-electron chi connectivity index (χ3n) is 8.63. The van der Waals surface area contributed by atoms with Crippen molar-refractivity contribution in [3.05, 3.63) is 60.2 Å². The predicted octanol–water partition coefficient (Wildman–Crippen LogP) is 1.35. The van der Waals surface area contributed by atoms with Crippen LogP contribution in [-0.4, -0.2) is 80.3 Å². The summed E-state index contributed by atoms with van der Waals surface area (Å²) in [5.41, 5.74) is -0.497.